The van der Waals surface area contributed by atoms with E-state index in [4.69, 9.17) is 14.2 Å². The summed E-state index contributed by atoms with van der Waals surface area (Å²) >= 11 is 0. The van der Waals surface area contributed by atoms with Crippen molar-refractivity contribution in [3.05, 3.63) is 53.6 Å². The van der Waals surface area contributed by atoms with Crippen molar-refractivity contribution in [1.82, 2.24) is 0 Å². The second-order valence-electron chi connectivity index (χ2n) is 7.38. The zero-order valence-electron chi connectivity index (χ0n) is 17.1. The molecule has 1 aliphatic carbocycles. The van der Waals surface area contributed by atoms with Gasteiger partial charge in [-0.3, -0.25) is 9.59 Å². The first-order valence-corrected chi connectivity index (χ1v) is 10.1. The predicted molar refractivity (Wildman–Crippen MR) is 111 cm³/mol. The molecule has 2 aromatic carbocycles. The number of ether oxygens (including phenoxy) is 3. The first-order chi connectivity index (χ1) is 14.1. The molecule has 0 N–H and O–H groups in total. The molecule has 0 bridgehead atoms. The molecule has 1 fully saturated rings. The maximum Gasteiger partial charge on any atom is 0.170 e. The molecule has 0 amide bonds. The van der Waals surface area contributed by atoms with Gasteiger partial charge in [-0.05, 0) is 74.1 Å². The van der Waals surface area contributed by atoms with Gasteiger partial charge in [-0.2, -0.15) is 0 Å². The van der Waals surface area contributed by atoms with Crippen LogP contribution in [-0.2, 0) is 11.2 Å². The number of benzene rings is 2. The van der Waals surface area contributed by atoms with Crippen molar-refractivity contribution in [3.8, 4) is 17.2 Å². The Labute approximate surface area is 172 Å². The number of methoxy groups -OCH3 is 2. The molecule has 0 unspecified atom stereocenters. The molecule has 1 saturated carbocycles. The Balaban J connectivity index is 1.55. The second-order valence-corrected chi connectivity index (χ2v) is 7.38. The zero-order chi connectivity index (χ0) is 20.6. The van der Waals surface area contributed by atoms with E-state index < -0.39 is 0 Å². The van der Waals surface area contributed by atoms with Crippen molar-refractivity contribution in [3.63, 3.8) is 0 Å². The highest BCUT2D eigenvalue weighted by atomic mass is 16.5. The fraction of sp³-hybridized carbons (Fsp3) is 0.417. The molecule has 0 radical (unpaired) electrons. The molecule has 0 heterocycles. The molecule has 0 saturated heterocycles. The van der Waals surface area contributed by atoms with Gasteiger partial charge in [-0.1, -0.05) is 6.07 Å². The lowest BCUT2D eigenvalue weighted by Gasteiger charge is -2.16. The van der Waals surface area contributed by atoms with Crippen LogP contribution in [0.1, 0.15) is 54.4 Å². The van der Waals surface area contributed by atoms with Crippen LogP contribution >= 0.6 is 0 Å². The molecule has 5 heteroatoms. The third-order valence-corrected chi connectivity index (χ3v) is 5.29. The van der Waals surface area contributed by atoms with E-state index >= 15 is 0 Å². The molecule has 1 aliphatic rings. The average molecular weight is 396 g/mol. The number of carbonyl (C=O) groups excluding carboxylic acids is 2. The van der Waals surface area contributed by atoms with E-state index in [1.807, 2.05) is 18.2 Å². The van der Waals surface area contributed by atoms with E-state index in [0.29, 0.717) is 29.9 Å². The summed E-state index contributed by atoms with van der Waals surface area (Å²) in [5.74, 6) is 1.89. The van der Waals surface area contributed by atoms with Crippen molar-refractivity contribution >= 4 is 11.6 Å². The Kier molecular flexibility index (Phi) is 7.28. The first kappa shape index (κ1) is 20.9. The highest BCUT2D eigenvalue weighted by Crippen LogP contribution is 2.32. The molecular weight excluding hydrogens is 368 g/mol. The first-order valence-electron chi connectivity index (χ1n) is 10.1. The zero-order valence-corrected chi connectivity index (χ0v) is 17.1. The summed E-state index contributed by atoms with van der Waals surface area (Å²) in [5.41, 5.74) is 1.53. The summed E-state index contributed by atoms with van der Waals surface area (Å²) in [7, 11) is 3.20. The fourth-order valence-electron chi connectivity index (χ4n) is 3.58. The minimum atomic E-state index is -0.169. The fourth-order valence-corrected chi connectivity index (χ4v) is 3.58. The summed E-state index contributed by atoms with van der Waals surface area (Å²) in [6.07, 6.45) is 5.57. The molecule has 0 aliphatic heterocycles. The Bertz CT molecular complexity index is 835. The number of ketones is 2. The Morgan fingerprint density at radius 3 is 2.31 bits per heavy atom. The minimum absolute atomic E-state index is 0.0695. The van der Waals surface area contributed by atoms with Crippen molar-refractivity contribution in [1.29, 1.82) is 0 Å². The van der Waals surface area contributed by atoms with Crippen LogP contribution in [0, 0.1) is 0 Å². The van der Waals surface area contributed by atoms with Crippen LogP contribution in [0.2, 0.25) is 0 Å². The number of hydrogen-bond donors (Lipinski definition) is 0. The van der Waals surface area contributed by atoms with Crippen LogP contribution < -0.4 is 14.2 Å². The maximum atomic E-state index is 12.3. The maximum absolute atomic E-state index is 12.3. The lowest BCUT2D eigenvalue weighted by molar-refractivity contribution is -0.118. The number of aryl methyl sites for hydroxylation is 1. The number of Topliss-reactive ketones (excluding diaryl/α,β-unsaturated/α-hetero) is 2. The van der Waals surface area contributed by atoms with Crippen molar-refractivity contribution in [2.24, 2.45) is 0 Å². The minimum Gasteiger partial charge on any atom is -0.497 e. The quantitative estimate of drug-likeness (QED) is 0.426. The van der Waals surface area contributed by atoms with E-state index in [9.17, 15) is 9.59 Å². The molecule has 2 aromatic rings. The van der Waals surface area contributed by atoms with Gasteiger partial charge >= 0.3 is 0 Å². The average Bonchev–Trinajstić information content (AvgIpc) is 3.25. The topological polar surface area (TPSA) is 61.8 Å². The Morgan fingerprint density at radius 1 is 0.931 bits per heavy atom. The molecule has 0 atom stereocenters. The molecule has 29 heavy (non-hydrogen) atoms. The standard InChI is InChI=1S/C24H28O5/c1-27-20-12-9-18(10-13-20)22(26)16-19(25)11-7-17-8-14-23(28-2)24(15-17)29-21-5-3-4-6-21/h8-10,12-15,21H,3-7,11,16H2,1-2H3. The van der Waals surface area contributed by atoms with Gasteiger partial charge in [0, 0.05) is 12.0 Å². The van der Waals surface area contributed by atoms with Crippen LogP contribution in [0.25, 0.3) is 0 Å². The van der Waals surface area contributed by atoms with Crippen LogP contribution in [0.5, 0.6) is 17.2 Å². The van der Waals surface area contributed by atoms with Crippen molar-refractivity contribution in [2.75, 3.05) is 14.2 Å². The third kappa shape index (κ3) is 5.83. The lowest BCUT2D eigenvalue weighted by Crippen LogP contribution is -2.12. The summed E-state index contributed by atoms with van der Waals surface area (Å²) in [6, 6.07) is 12.6. The monoisotopic (exact) mass is 396 g/mol. The summed E-state index contributed by atoms with van der Waals surface area (Å²) < 4.78 is 16.6. The number of hydrogen-bond acceptors (Lipinski definition) is 5. The molecule has 154 valence electrons. The van der Waals surface area contributed by atoms with Gasteiger partial charge in [0.15, 0.2) is 17.3 Å². The van der Waals surface area contributed by atoms with Gasteiger partial charge in [0.25, 0.3) is 0 Å². The molecular formula is C24H28O5. The van der Waals surface area contributed by atoms with E-state index in [-0.39, 0.29) is 24.1 Å². The normalized spacial score (nSPS) is 13.9. The van der Waals surface area contributed by atoms with Crippen LogP contribution in [0.4, 0.5) is 0 Å². The van der Waals surface area contributed by atoms with Crippen molar-refractivity contribution < 1.29 is 23.8 Å². The third-order valence-electron chi connectivity index (χ3n) is 5.29. The van der Waals surface area contributed by atoms with E-state index in [2.05, 4.69) is 0 Å². The summed E-state index contributed by atoms with van der Waals surface area (Å²) in [6.45, 7) is 0. The summed E-state index contributed by atoms with van der Waals surface area (Å²) in [5, 5.41) is 0. The predicted octanol–water partition coefficient (Wildman–Crippen LogP) is 4.80. The van der Waals surface area contributed by atoms with Gasteiger partial charge in [0.2, 0.25) is 0 Å². The van der Waals surface area contributed by atoms with Crippen LogP contribution in [0.3, 0.4) is 0 Å². The molecule has 3 rings (SSSR count). The number of rotatable bonds is 10. The van der Waals surface area contributed by atoms with Gasteiger partial charge in [0.05, 0.1) is 26.7 Å². The Morgan fingerprint density at radius 2 is 1.66 bits per heavy atom. The van der Waals surface area contributed by atoms with E-state index in [0.717, 1.165) is 24.2 Å². The second kappa shape index (κ2) is 10.1. The smallest absolute Gasteiger partial charge is 0.170 e. The molecule has 5 nitrogen and oxygen atoms in total. The largest absolute Gasteiger partial charge is 0.497 e. The lowest BCUT2D eigenvalue weighted by atomic mass is 10.0. The SMILES string of the molecule is COc1ccc(C(=O)CC(=O)CCc2ccc(OC)c(OC3CCCC3)c2)cc1. The van der Waals surface area contributed by atoms with E-state index in [1.54, 1.807) is 38.5 Å². The number of carbonyl (C=O) groups is 2. The highest BCUT2D eigenvalue weighted by molar-refractivity contribution is 6.08. The van der Waals surface area contributed by atoms with E-state index in [1.165, 1.54) is 12.8 Å². The van der Waals surface area contributed by atoms with Gasteiger partial charge in [0.1, 0.15) is 11.5 Å². The summed E-state index contributed by atoms with van der Waals surface area (Å²) in [4.78, 5) is 24.6. The van der Waals surface area contributed by atoms with Gasteiger partial charge < -0.3 is 14.2 Å². The van der Waals surface area contributed by atoms with Crippen LogP contribution in [0.15, 0.2) is 42.5 Å². The Hall–Kier alpha value is -2.82. The molecule has 0 aromatic heterocycles. The van der Waals surface area contributed by atoms with Gasteiger partial charge in [-0.15, -0.1) is 0 Å². The van der Waals surface area contributed by atoms with Crippen LogP contribution in [-0.4, -0.2) is 31.9 Å². The highest BCUT2D eigenvalue weighted by Gasteiger charge is 2.19. The molecule has 0 spiro atoms. The van der Waals surface area contributed by atoms with Crippen molar-refractivity contribution in [2.45, 2.75) is 51.0 Å². The van der Waals surface area contributed by atoms with Gasteiger partial charge in [-0.25, -0.2) is 0 Å².